The second kappa shape index (κ2) is 11.0. The molecule has 1 saturated heterocycles. The van der Waals surface area contributed by atoms with Crippen LogP contribution in [0.5, 0.6) is 5.75 Å². The zero-order valence-electron chi connectivity index (χ0n) is 19.4. The number of aromatic nitrogens is 3. The van der Waals surface area contributed by atoms with E-state index in [0.29, 0.717) is 23.9 Å². The van der Waals surface area contributed by atoms with Crippen molar-refractivity contribution in [1.29, 1.82) is 0 Å². The summed E-state index contributed by atoms with van der Waals surface area (Å²) >= 11 is 6.00. The van der Waals surface area contributed by atoms with Crippen molar-refractivity contribution in [3.05, 3.63) is 71.8 Å². The summed E-state index contributed by atoms with van der Waals surface area (Å²) < 4.78 is 19.8. The van der Waals surface area contributed by atoms with Crippen LogP contribution in [0.2, 0.25) is 5.02 Å². The fourth-order valence-electron chi connectivity index (χ4n) is 4.29. The maximum atomic E-state index is 13.7. The van der Waals surface area contributed by atoms with Crippen LogP contribution in [-0.2, 0) is 0 Å². The van der Waals surface area contributed by atoms with Crippen molar-refractivity contribution in [3.8, 4) is 17.1 Å². The van der Waals surface area contributed by atoms with Crippen molar-refractivity contribution in [2.75, 3.05) is 31.6 Å². The first-order chi connectivity index (χ1) is 17.2. The molecule has 1 aliphatic heterocycles. The monoisotopic (exact) mass is 491 g/mol. The second-order valence-corrected chi connectivity index (χ2v) is 9.08. The second-order valence-electron chi connectivity index (χ2n) is 8.67. The van der Waals surface area contributed by atoms with E-state index < -0.39 is 5.82 Å². The molecule has 6 nitrogen and oxygen atoms in total. The third-order valence-electron chi connectivity index (χ3n) is 6.11. The largest absolute Gasteiger partial charge is 0.494 e. The number of piperidine rings is 1. The van der Waals surface area contributed by atoms with Crippen molar-refractivity contribution in [2.24, 2.45) is 0 Å². The van der Waals surface area contributed by atoms with Gasteiger partial charge < -0.3 is 15.0 Å². The Labute approximate surface area is 209 Å². The van der Waals surface area contributed by atoms with Gasteiger partial charge in [0.2, 0.25) is 0 Å². The summed E-state index contributed by atoms with van der Waals surface area (Å²) in [4.78, 5) is 16.2. The van der Waals surface area contributed by atoms with Gasteiger partial charge in [-0.15, -0.1) is 0 Å². The molecular weight excluding hydrogens is 465 g/mol. The Balaban J connectivity index is 1.40. The highest BCUT2D eigenvalue weighted by atomic mass is 35.5. The number of anilines is 2. The molecule has 0 atom stereocenters. The SMILES string of the molecule is Fc1ccc(Nc2nc(-c3cccnc3)nc3ccc(OCCCN4CCCCC4)cc23)cc1Cl. The fourth-order valence-corrected chi connectivity index (χ4v) is 4.47. The fraction of sp³-hybridized carbons (Fsp3) is 0.296. The van der Waals surface area contributed by atoms with E-state index in [9.17, 15) is 4.39 Å². The average molecular weight is 492 g/mol. The van der Waals surface area contributed by atoms with E-state index in [1.807, 2.05) is 30.3 Å². The third kappa shape index (κ3) is 5.86. The smallest absolute Gasteiger partial charge is 0.163 e. The number of nitrogens with one attached hydrogen (secondary N) is 1. The highest BCUT2D eigenvalue weighted by Crippen LogP contribution is 2.31. The quantitative estimate of drug-likeness (QED) is 0.284. The Kier molecular flexibility index (Phi) is 7.35. The lowest BCUT2D eigenvalue weighted by Gasteiger charge is -2.26. The molecule has 0 saturated carbocycles. The molecule has 180 valence electrons. The van der Waals surface area contributed by atoms with Crippen LogP contribution in [0.4, 0.5) is 15.9 Å². The van der Waals surface area contributed by atoms with Crippen molar-refractivity contribution < 1.29 is 9.13 Å². The maximum Gasteiger partial charge on any atom is 0.163 e. The maximum absolute atomic E-state index is 13.7. The normalized spacial score (nSPS) is 14.2. The molecule has 3 heterocycles. The lowest BCUT2D eigenvalue weighted by Crippen LogP contribution is -2.31. The van der Waals surface area contributed by atoms with Gasteiger partial charge in [-0.2, -0.15) is 0 Å². The zero-order chi connectivity index (χ0) is 24.0. The van der Waals surface area contributed by atoms with E-state index in [4.69, 9.17) is 26.3 Å². The highest BCUT2D eigenvalue weighted by molar-refractivity contribution is 6.31. The summed E-state index contributed by atoms with van der Waals surface area (Å²) in [5.41, 5.74) is 2.18. The Morgan fingerprint density at radius 2 is 1.91 bits per heavy atom. The average Bonchev–Trinajstić information content (AvgIpc) is 2.90. The number of likely N-dealkylation sites (tertiary alicyclic amines) is 1. The topological polar surface area (TPSA) is 63.2 Å². The summed E-state index contributed by atoms with van der Waals surface area (Å²) in [7, 11) is 0. The number of pyridine rings is 1. The number of fused-ring (bicyclic) bond motifs is 1. The summed E-state index contributed by atoms with van der Waals surface area (Å²) in [5.74, 6) is 1.40. The minimum Gasteiger partial charge on any atom is -0.494 e. The Hall–Kier alpha value is -3.29. The number of ether oxygens (including phenoxy) is 1. The molecule has 1 aliphatic rings. The lowest BCUT2D eigenvalue weighted by molar-refractivity contribution is 0.205. The molecule has 0 bridgehead atoms. The number of halogens is 2. The molecule has 35 heavy (non-hydrogen) atoms. The number of rotatable bonds is 8. The van der Waals surface area contributed by atoms with E-state index in [-0.39, 0.29) is 5.02 Å². The lowest BCUT2D eigenvalue weighted by atomic mass is 10.1. The number of benzene rings is 2. The van der Waals surface area contributed by atoms with Crippen LogP contribution in [0.1, 0.15) is 25.7 Å². The molecule has 1 fully saturated rings. The molecule has 0 radical (unpaired) electrons. The van der Waals surface area contributed by atoms with Crippen LogP contribution in [0.3, 0.4) is 0 Å². The number of hydrogen-bond acceptors (Lipinski definition) is 6. The van der Waals surface area contributed by atoms with Crippen LogP contribution in [0.15, 0.2) is 60.9 Å². The van der Waals surface area contributed by atoms with E-state index in [0.717, 1.165) is 35.2 Å². The third-order valence-corrected chi connectivity index (χ3v) is 6.40. The molecule has 0 amide bonds. The first-order valence-electron chi connectivity index (χ1n) is 12.0. The summed E-state index contributed by atoms with van der Waals surface area (Å²) in [5, 5.41) is 4.12. The molecule has 2 aromatic carbocycles. The van der Waals surface area contributed by atoms with Gasteiger partial charge in [-0.1, -0.05) is 18.0 Å². The van der Waals surface area contributed by atoms with Gasteiger partial charge >= 0.3 is 0 Å². The predicted octanol–water partition coefficient (Wildman–Crippen LogP) is 6.48. The van der Waals surface area contributed by atoms with E-state index in [2.05, 4.69) is 15.2 Å². The van der Waals surface area contributed by atoms with E-state index >= 15 is 0 Å². The first kappa shape index (κ1) is 23.5. The summed E-state index contributed by atoms with van der Waals surface area (Å²) in [6.45, 7) is 4.08. The summed E-state index contributed by atoms with van der Waals surface area (Å²) in [6, 6.07) is 14.0. The first-order valence-corrected chi connectivity index (χ1v) is 12.3. The molecule has 0 aliphatic carbocycles. The minimum atomic E-state index is -0.471. The molecule has 0 spiro atoms. The van der Waals surface area contributed by atoms with Crippen LogP contribution in [0, 0.1) is 5.82 Å². The van der Waals surface area contributed by atoms with Gasteiger partial charge in [-0.25, -0.2) is 14.4 Å². The standard InChI is InChI=1S/C27H27ClFN5O/c28-23-16-20(7-9-24(23)29)31-27-22-17-21(35-15-5-14-34-12-2-1-3-13-34)8-10-25(22)32-26(33-27)19-6-4-11-30-18-19/h4,6-11,16-18H,1-3,5,12-15H2,(H,31,32,33). The van der Waals surface area contributed by atoms with Gasteiger partial charge in [0.05, 0.1) is 17.1 Å². The molecule has 0 unspecified atom stereocenters. The van der Waals surface area contributed by atoms with Crippen LogP contribution in [-0.4, -0.2) is 46.1 Å². The molecule has 8 heteroatoms. The van der Waals surface area contributed by atoms with Gasteiger partial charge in [-0.3, -0.25) is 4.98 Å². The van der Waals surface area contributed by atoms with Crippen molar-refractivity contribution in [3.63, 3.8) is 0 Å². The highest BCUT2D eigenvalue weighted by Gasteiger charge is 2.13. The predicted molar refractivity (Wildman–Crippen MR) is 138 cm³/mol. The van der Waals surface area contributed by atoms with Gasteiger partial charge in [0, 0.05) is 35.6 Å². The molecule has 1 N–H and O–H groups in total. The van der Waals surface area contributed by atoms with Crippen molar-refractivity contribution in [1.82, 2.24) is 19.9 Å². The number of nitrogens with zero attached hydrogens (tertiary/aromatic N) is 4. The molecule has 2 aromatic heterocycles. The van der Waals surface area contributed by atoms with Gasteiger partial charge in [0.25, 0.3) is 0 Å². The van der Waals surface area contributed by atoms with Gasteiger partial charge in [0.15, 0.2) is 5.82 Å². The van der Waals surface area contributed by atoms with Crippen LogP contribution >= 0.6 is 11.6 Å². The minimum absolute atomic E-state index is 0.0403. The van der Waals surface area contributed by atoms with Crippen molar-refractivity contribution in [2.45, 2.75) is 25.7 Å². The van der Waals surface area contributed by atoms with Gasteiger partial charge in [-0.05, 0) is 80.9 Å². The molecule has 4 aromatic rings. The van der Waals surface area contributed by atoms with E-state index in [1.165, 1.54) is 44.5 Å². The van der Waals surface area contributed by atoms with Crippen molar-refractivity contribution >= 4 is 34.0 Å². The van der Waals surface area contributed by atoms with Crippen LogP contribution in [0.25, 0.3) is 22.3 Å². The van der Waals surface area contributed by atoms with Crippen LogP contribution < -0.4 is 10.1 Å². The van der Waals surface area contributed by atoms with Gasteiger partial charge in [0.1, 0.15) is 17.4 Å². The Morgan fingerprint density at radius 1 is 1.03 bits per heavy atom. The van der Waals surface area contributed by atoms with E-state index in [1.54, 1.807) is 18.5 Å². The zero-order valence-corrected chi connectivity index (χ0v) is 20.1. The molecule has 5 rings (SSSR count). The Bertz CT molecular complexity index is 1300. The summed E-state index contributed by atoms with van der Waals surface area (Å²) in [6.07, 6.45) is 8.34. The number of hydrogen-bond donors (Lipinski definition) is 1. The molecular formula is C27H27ClFN5O. The Morgan fingerprint density at radius 3 is 2.71 bits per heavy atom.